The molecule has 0 N–H and O–H groups in total. The number of rotatable bonds is 0. The Morgan fingerprint density at radius 1 is 1.12 bits per heavy atom. The highest BCUT2D eigenvalue weighted by Gasteiger charge is 1.83. The first-order valence-electron chi connectivity index (χ1n) is 2.54. The predicted molar refractivity (Wildman–Crippen MR) is 31.5 cm³/mol. The highest BCUT2D eigenvalue weighted by molar-refractivity contribution is 4.98. The second-order valence-electron chi connectivity index (χ2n) is 1.80. The Labute approximate surface area is 48.6 Å². The monoisotopic (exact) mass is 108 g/mol. The Balaban J connectivity index is 3.08. The van der Waals surface area contributed by atoms with Crippen molar-refractivity contribution >= 4 is 0 Å². The molecule has 1 aromatic heterocycles. The van der Waals surface area contributed by atoms with Gasteiger partial charge in [-0.2, -0.15) is 0 Å². The molecule has 0 aliphatic carbocycles. The molecule has 8 heavy (non-hydrogen) atoms. The summed E-state index contributed by atoms with van der Waals surface area (Å²) in [6.07, 6.45) is 3.49. The number of nitrogens with zero attached hydrogens (tertiary/aromatic N) is 2. The molecule has 42 valence electrons. The average molecular weight is 108 g/mol. The van der Waals surface area contributed by atoms with Crippen molar-refractivity contribution in [3.63, 3.8) is 0 Å². The summed E-state index contributed by atoms with van der Waals surface area (Å²) in [6.45, 7) is 3.86. The molecule has 1 heterocycles. The Morgan fingerprint density at radius 3 is 1.88 bits per heavy atom. The van der Waals surface area contributed by atoms with Gasteiger partial charge in [-0.05, 0) is 13.8 Å². The van der Waals surface area contributed by atoms with Gasteiger partial charge in [-0.3, -0.25) is 9.97 Å². The molecule has 0 unspecified atom stereocenters. The SMILES string of the molecule is Cc1cncc(C)n1. The molecule has 0 spiro atoms. The molecule has 0 radical (unpaired) electrons. The third kappa shape index (κ3) is 1.03. The van der Waals surface area contributed by atoms with Crippen LogP contribution in [0.2, 0.25) is 0 Å². The summed E-state index contributed by atoms with van der Waals surface area (Å²) in [6, 6.07) is 0. The van der Waals surface area contributed by atoms with Gasteiger partial charge in [-0.25, -0.2) is 0 Å². The number of aryl methyl sites for hydroxylation is 2. The van der Waals surface area contributed by atoms with Gasteiger partial charge in [-0.1, -0.05) is 0 Å². The van der Waals surface area contributed by atoms with Crippen LogP contribution in [0.15, 0.2) is 12.4 Å². The fraction of sp³-hybridized carbons (Fsp3) is 0.333. The molecule has 2 heteroatoms. The van der Waals surface area contributed by atoms with Crippen molar-refractivity contribution in [3.8, 4) is 0 Å². The molecule has 0 saturated carbocycles. The summed E-state index contributed by atoms with van der Waals surface area (Å²) < 4.78 is 0. The maximum Gasteiger partial charge on any atom is 0.0558 e. The van der Waals surface area contributed by atoms with E-state index in [1.54, 1.807) is 12.4 Å². The van der Waals surface area contributed by atoms with Gasteiger partial charge in [0.25, 0.3) is 0 Å². The molecule has 0 fully saturated rings. The van der Waals surface area contributed by atoms with Gasteiger partial charge in [0.15, 0.2) is 0 Å². The van der Waals surface area contributed by atoms with E-state index in [-0.39, 0.29) is 0 Å². The van der Waals surface area contributed by atoms with Crippen LogP contribution in [-0.4, -0.2) is 9.97 Å². The van der Waals surface area contributed by atoms with Crippen molar-refractivity contribution in [1.29, 1.82) is 0 Å². The number of aromatic nitrogens is 2. The van der Waals surface area contributed by atoms with Crippen LogP contribution >= 0.6 is 0 Å². The van der Waals surface area contributed by atoms with Gasteiger partial charge in [0.2, 0.25) is 0 Å². The second kappa shape index (κ2) is 1.90. The zero-order valence-corrected chi connectivity index (χ0v) is 5.05. The van der Waals surface area contributed by atoms with Crippen molar-refractivity contribution in [1.82, 2.24) is 9.97 Å². The highest BCUT2D eigenvalue weighted by Crippen LogP contribution is 1.89. The quantitative estimate of drug-likeness (QED) is 0.497. The Morgan fingerprint density at radius 2 is 1.62 bits per heavy atom. The van der Waals surface area contributed by atoms with Crippen molar-refractivity contribution < 1.29 is 0 Å². The molecular formula is C6H8N2. The van der Waals surface area contributed by atoms with E-state index >= 15 is 0 Å². The molecular weight excluding hydrogens is 100 g/mol. The lowest BCUT2D eigenvalue weighted by atomic mass is 10.4. The van der Waals surface area contributed by atoms with Crippen LogP contribution in [0, 0.1) is 13.8 Å². The molecule has 1 aromatic rings. The number of hydrogen-bond donors (Lipinski definition) is 0. The topological polar surface area (TPSA) is 25.8 Å². The summed E-state index contributed by atoms with van der Waals surface area (Å²) in [4.78, 5) is 8.03. The van der Waals surface area contributed by atoms with E-state index in [1.807, 2.05) is 13.8 Å². The molecule has 0 amide bonds. The first kappa shape index (κ1) is 5.22. The zero-order chi connectivity index (χ0) is 5.98. The molecule has 0 atom stereocenters. The molecule has 0 aliphatic heterocycles. The van der Waals surface area contributed by atoms with Crippen LogP contribution < -0.4 is 0 Å². The van der Waals surface area contributed by atoms with Gasteiger partial charge >= 0.3 is 0 Å². The largest absolute Gasteiger partial charge is 0.261 e. The van der Waals surface area contributed by atoms with E-state index in [0.29, 0.717) is 0 Å². The molecule has 0 aliphatic rings. The van der Waals surface area contributed by atoms with Crippen LogP contribution in [0.25, 0.3) is 0 Å². The van der Waals surface area contributed by atoms with E-state index in [0.717, 1.165) is 11.4 Å². The maximum absolute atomic E-state index is 4.11. The maximum atomic E-state index is 4.11. The van der Waals surface area contributed by atoms with Crippen LogP contribution in [0.1, 0.15) is 11.4 Å². The molecule has 1 rings (SSSR count). The second-order valence-corrected chi connectivity index (χ2v) is 1.80. The zero-order valence-electron chi connectivity index (χ0n) is 5.05. The average Bonchev–Trinajstić information content (AvgIpc) is 1.64. The van der Waals surface area contributed by atoms with Gasteiger partial charge in [-0.15, -0.1) is 0 Å². The van der Waals surface area contributed by atoms with Crippen LogP contribution in [-0.2, 0) is 0 Å². The fourth-order valence-corrected chi connectivity index (χ4v) is 0.589. The lowest BCUT2D eigenvalue weighted by Gasteiger charge is -1.89. The lowest BCUT2D eigenvalue weighted by Crippen LogP contribution is -1.85. The van der Waals surface area contributed by atoms with E-state index in [9.17, 15) is 0 Å². The first-order chi connectivity index (χ1) is 3.79. The molecule has 0 saturated heterocycles. The minimum atomic E-state index is 0.977. The molecule has 0 bridgehead atoms. The lowest BCUT2D eigenvalue weighted by molar-refractivity contribution is 1.05. The standard InChI is InChI=1S/C6H8N2/c1-5-3-7-4-6(2)8-5/h3-4H,1-2H3. The van der Waals surface area contributed by atoms with Crippen molar-refractivity contribution in [3.05, 3.63) is 23.8 Å². The van der Waals surface area contributed by atoms with E-state index in [1.165, 1.54) is 0 Å². The third-order valence-corrected chi connectivity index (χ3v) is 0.875. The third-order valence-electron chi connectivity index (χ3n) is 0.875. The smallest absolute Gasteiger partial charge is 0.0558 e. The predicted octanol–water partition coefficient (Wildman–Crippen LogP) is 1.09. The van der Waals surface area contributed by atoms with Gasteiger partial charge in [0.05, 0.1) is 11.4 Å². The Kier molecular flexibility index (Phi) is 1.24. The van der Waals surface area contributed by atoms with E-state index in [4.69, 9.17) is 0 Å². The normalized spacial score (nSPS) is 9.25. The van der Waals surface area contributed by atoms with Crippen molar-refractivity contribution in [2.75, 3.05) is 0 Å². The summed E-state index contributed by atoms with van der Waals surface area (Å²) in [5.41, 5.74) is 1.95. The summed E-state index contributed by atoms with van der Waals surface area (Å²) in [7, 11) is 0. The van der Waals surface area contributed by atoms with Gasteiger partial charge in [0, 0.05) is 12.4 Å². The van der Waals surface area contributed by atoms with Crippen LogP contribution in [0.4, 0.5) is 0 Å². The van der Waals surface area contributed by atoms with E-state index < -0.39 is 0 Å². The minimum absolute atomic E-state index is 0.977. The van der Waals surface area contributed by atoms with Crippen LogP contribution in [0.5, 0.6) is 0 Å². The number of hydrogen-bond acceptors (Lipinski definition) is 2. The molecule has 2 nitrogen and oxygen atoms in total. The van der Waals surface area contributed by atoms with Crippen molar-refractivity contribution in [2.24, 2.45) is 0 Å². The van der Waals surface area contributed by atoms with Crippen molar-refractivity contribution in [2.45, 2.75) is 13.8 Å². The summed E-state index contributed by atoms with van der Waals surface area (Å²) in [5.74, 6) is 0. The Bertz CT molecular complexity index is 166. The van der Waals surface area contributed by atoms with E-state index in [2.05, 4.69) is 9.97 Å². The minimum Gasteiger partial charge on any atom is -0.261 e. The van der Waals surface area contributed by atoms with Crippen LogP contribution in [0.3, 0.4) is 0 Å². The van der Waals surface area contributed by atoms with Gasteiger partial charge < -0.3 is 0 Å². The summed E-state index contributed by atoms with van der Waals surface area (Å²) in [5, 5.41) is 0. The highest BCUT2D eigenvalue weighted by atomic mass is 14.8. The fourth-order valence-electron chi connectivity index (χ4n) is 0.589. The first-order valence-corrected chi connectivity index (χ1v) is 2.54. The Hall–Kier alpha value is -0.920. The summed E-state index contributed by atoms with van der Waals surface area (Å²) >= 11 is 0. The van der Waals surface area contributed by atoms with Gasteiger partial charge in [0.1, 0.15) is 0 Å². The molecule has 0 aromatic carbocycles.